The Labute approximate surface area is 129 Å². The first-order chi connectivity index (χ1) is 10.9. The quantitative estimate of drug-likeness (QED) is 0.780. The fourth-order valence-electron chi connectivity index (χ4n) is 2.35. The summed E-state index contributed by atoms with van der Waals surface area (Å²) in [6, 6.07) is 24.1. The Bertz CT molecular complexity index is 790. The van der Waals surface area contributed by atoms with Crippen LogP contribution in [0.1, 0.15) is 11.1 Å². The minimum atomic E-state index is 0.574. The van der Waals surface area contributed by atoms with E-state index in [0.29, 0.717) is 17.9 Å². The molecule has 0 aliphatic carbocycles. The highest BCUT2D eigenvalue weighted by molar-refractivity contribution is 5.75. The van der Waals surface area contributed by atoms with Crippen molar-refractivity contribution in [1.29, 1.82) is 5.26 Å². The van der Waals surface area contributed by atoms with Crippen LogP contribution in [0.5, 0.6) is 0 Å². The fraction of sp³-hybridized carbons (Fsp3) is 0.0526. The van der Waals surface area contributed by atoms with Crippen LogP contribution in [-0.4, -0.2) is 4.98 Å². The van der Waals surface area contributed by atoms with Crippen molar-refractivity contribution in [2.75, 3.05) is 5.32 Å². The third kappa shape index (κ3) is 2.97. The number of pyridine rings is 1. The van der Waals surface area contributed by atoms with Gasteiger partial charge in [0.1, 0.15) is 17.5 Å². The van der Waals surface area contributed by atoms with Crippen LogP contribution in [0.3, 0.4) is 0 Å². The van der Waals surface area contributed by atoms with Gasteiger partial charge >= 0.3 is 0 Å². The number of hydrogen-bond donors (Lipinski definition) is 1. The maximum atomic E-state index is 9.53. The van der Waals surface area contributed by atoms with Gasteiger partial charge in [0.2, 0.25) is 0 Å². The standard InChI is InChI=1S/C19H15N3/c20-13-18-17(16-9-5-2-6-10-16)11-12-21-19(18)22-14-15-7-3-1-4-8-15/h1-12H,14H2,(H,21,22). The summed E-state index contributed by atoms with van der Waals surface area (Å²) in [6.45, 7) is 0.640. The van der Waals surface area contributed by atoms with Crippen molar-refractivity contribution >= 4 is 5.82 Å². The molecule has 0 unspecified atom stereocenters. The molecule has 3 heteroatoms. The summed E-state index contributed by atoms with van der Waals surface area (Å²) in [5.74, 6) is 0.618. The first-order valence-corrected chi connectivity index (χ1v) is 7.11. The van der Waals surface area contributed by atoms with Gasteiger partial charge < -0.3 is 5.32 Å². The third-order valence-corrected chi connectivity index (χ3v) is 3.45. The number of anilines is 1. The summed E-state index contributed by atoms with van der Waals surface area (Å²) in [5, 5.41) is 12.8. The van der Waals surface area contributed by atoms with Gasteiger partial charge in [-0.3, -0.25) is 0 Å². The molecule has 3 rings (SSSR count). The SMILES string of the molecule is N#Cc1c(-c2ccccc2)ccnc1NCc1ccccc1. The van der Waals surface area contributed by atoms with Gasteiger partial charge in [-0.2, -0.15) is 5.26 Å². The molecule has 0 aliphatic heterocycles. The van der Waals surface area contributed by atoms with E-state index in [4.69, 9.17) is 0 Å². The van der Waals surface area contributed by atoms with E-state index in [1.807, 2.05) is 66.7 Å². The van der Waals surface area contributed by atoms with Gasteiger partial charge in [-0.25, -0.2) is 4.98 Å². The van der Waals surface area contributed by atoms with Crippen molar-refractivity contribution < 1.29 is 0 Å². The first-order valence-electron chi connectivity index (χ1n) is 7.11. The molecule has 1 aromatic heterocycles. The van der Waals surface area contributed by atoms with Crippen molar-refractivity contribution in [2.45, 2.75) is 6.54 Å². The second-order valence-electron chi connectivity index (χ2n) is 4.90. The lowest BCUT2D eigenvalue weighted by Crippen LogP contribution is -2.04. The minimum absolute atomic E-state index is 0.574. The molecule has 0 amide bonds. The largest absolute Gasteiger partial charge is 0.365 e. The molecule has 0 atom stereocenters. The van der Waals surface area contributed by atoms with E-state index in [2.05, 4.69) is 16.4 Å². The van der Waals surface area contributed by atoms with Crippen molar-refractivity contribution in [3.8, 4) is 17.2 Å². The van der Waals surface area contributed by atoms with E-state index >= 15 is 0 Å². The van der Waals surface area contributed by atoms with Crippen LogP contribution >= 0.6 is 0 Å². The van der Waals surface area contributed by atoms with Crippen molar-refractivity contribution in [1.82, 2.24) is 4.98 Å². The summed E-state index contributed by atoms with van der Waals surface area (Å²) in [7, 11) is 0. The Kier molecular flexibility index (Phi) is 4.12. The second-order valence-corrected chi connectivity index (χ2v) is 4.90. The summed E-state index contributed by atoms with van der Waals surface area (Å²) in [4.78, 5) is 4.32. The zero-order valence-electron chi connectivity index (χ0n) is 12.0. The summed E-state index contributed by atoms with van der Waals surface area (Å²) in [6.07, 6.45) is 1.73. The van der Waals surface area contributed by atoms with Gasteiger partial charge in [-0.05, 0) is 17.2 Å². The van der Waals surface area contributed by atoms with E-state index < -0.39 is 0 Å². The fourth-order valence-corrected chi connectivity index (χ4v) is 2.35. The van der Waals surface area contributed by atoms with Crippen LogP contribution in [0.4, 0.5) is 5.82 Å². The molecule has 3 nitrogen and oxygen atoms in total. The van der Waals surface area contributed by atoms with Crippen molar-refractivity contribution in [2.24, 2.45) is 0 Å². The van der Waals surface area contributed by atoms with Crippen molar-refractivity contribution in [3.63, 3.8) is 0 Å². The van der Waals surface area contributed by atoms with E-state index in [1.165, 1.54) is 0 Å². The highest BCUT2D eigenvalue weighted by atomic mass is 15.0. The average molecular weight is 285 g/mol. The number of hydrogen-bond acceptors (Lipinski definition) is 3. The first kappa shape index (κ1) is 13.8. The molecule has 0 fully saturated rings. The number of benzene rings is 2. The zero-order valence-corrected chi connectivity index (χ0v) is 12.0. The Morgan fingerprint density at radius 2 is 1.59 bits per heavy atom. The van der Waals surface area contributed by atoms with Gasteiger partial charge in [0.25, 0.3) is 0 Å². The van der Waals surface area contributed by atoms with Crippen LogP contribution < -0.4 is 5.32 Å². The number of rotatable bonds is 4. The van der Waals surface area contributed by atoms with E-state index in [-0.39, 0.29) is 0 Å². The van der Waals surface area contributed by atoms with Gasteiger partial charge in [0.05, 0.1) is 0 Å². The van der Waals surface area contributed by atoms with Gasteiger partial charge in [0, 0.05) is 18.3 Å². The predicted octanol–water partition coefficient (Wildman–Crippen LogP) is 4.23. The molecule has 0 aliphatic rings. The van der Waals surface area contributed by atoms with Crippen LogP contribution in [0.2, 0.25) is 0 Å². The zero-order chi connectivity index (χ0) is 15.2. The monoisotopic (exact) mass is 285 g/mol. The van der Waals surface area contributed by atoms with E-state index in [9.17, 15) is 5.26 Å². The Balaban J connectivity index is 1.91. The molecule has 106 valence electrons. The molecular weight excluding hydrogens is 270 g/mol. The predicted molar refractivity (Wildman–Crippen MR) is 88.2 cm³/mol. The van der Waals surface area contributed by atoms with Crippen LogP contribution in [0, 0.1) is 11.3 Å². The second kappa shape index (κ2) is 6.55. The molecular formula is C19H15N3. The topological polar surface area (TPSA) is 48.7 Å². The molecule has 0 bridgehead atoms. The lowest BCUT2D eigenvalue weighted by Gasteiger charge is -2.11. The smallest absolute Gasteiger partial charge is 0.144 e. The lowest BCUT2D eigenvalue weighted by atomic mass is 10.0. The number of nitrogens with zero attached hydrogens (tertiary/aromatic N) is 2. The van der Waals surface area contributed by atoms with E-state index in [0.717, 1.165) is 16.7 Å². The van der Waals surface area contributed by atoms with Crippen LogP contribution in [0.25, 0.3) is 11.1 Å². The summed E-state index contributed by atoms with van der Waals surface area (Å²) < 4.78 is 0. The molecule has 3 aromatic rings. The maximum Gasteiger partial charge on any atom is 0.144 e. The average Bonchev–Trinajstić information content (AvgIpc) is 2.61. The normalized spacial score (nSPS) is 9.95. The molecule has 1 N–H and O–H groups in total. The molecule has 0 radical (unpaired) electrons. The Morgan fingerprint density at radius 3 is 2.27 bits per heavy atom. The number of nitriles is 1. The number of nitrogens with one attached hydrogen (secondary N) is 1. The molecule has 0 saturated heterocycles. The highest BCUT2D eigenvalue weighted by Crippen LogP contribution is 2.27. The summed E-state index contributed by atoms with van der Waals surface area (Å²) >= 11 is 0. The molecule has 2 aromatic carbocycles. The van der Waals surface area contributed by atoms with Gasteiger partial charge in [-0.1, -0.05) is 60.7 Å². The molecule has 22 heavy (non-hydrogen) atoms. The Hall–Kier alpha value is -3.12. The number of aromatic nitrogens is 1. The third-order valence-electron chi connectivity index (χ3n) is 3.45. The molecule has 0 saturated carbocycles. The van der Waals surface area contributed by atoms with Crippen LogP contribution in [0.15, 0.2) is 72.9 Å². The van der Waals surface area contributed by atoms with E-state index in [1.54, 1.807) is 6.20 Å². The molecule has 1 heterocycles. The van der Waals surface area contributed by atoms with Crippen LogP contribution in [-0.2, 0) is 6.54 Å². The maximum absolute atomic E-state index is 9.53. The lowest BCUT2D eigenvalue weighted by molar-refractivity contribution is 1.11. The minimum Gasteiger partial charge on any atom is -0.365 e. The Morgan fingerprint density at radius 1 is 0.909 bits per heavy atom. The molecule has 0 spiro atoms. The highest BCUT2D eigenvalue weighted by Gasteiger charge is 2.10. The summed E-state index contributed by atoms with van der Waals surface area (Å²) in [5.41, 5.74) is 3.64. The van der Waals surface area contributed by atoms with Gasteiger partial charge in [0.15, 0.2) is 0 Å². The van der Waals surface area contributed by atoms with Gasteiger partial charge in [-0.15, -0.1) is 0 Å². The van der Waals surface area contributed by atoms with Crippen molar-refractivity contribution in [3.05, 3.63) is 84.1 Å².